The molecule has 0 radical (unpaired) electrons. The molecular formula is C13H18N2O5. The lowest BCUT2D eigenvalue weighted by molar-refractivity contribution is -0.142. The molecule has 0 saturated carbocycles. The highest BCUT2D eigenvalue weighted by atomic mass is 16.5. The van der Waals surface area contributed by atoms with E-state index < -0.39 is 24.0 Å². The number of carbonyl (C=O) groups excluding carboxylic acids is 1. The summed E-state index contributed by atoms with van der Waals surface area (Å²) in [5, 5.41) is 20.6. The number of phenols is 1. The molecule has 0 bridgehead atoms. The summed E-state index contributed by atoms with van der Waals surface area (Å²) in [6, 6.07) is 4.08. The lowest BCUT2D eigenvalue weighted by atomic mass is 10.1. The molecule has 1 aromatic carbocycles. The second-order valence-electron chi connectivity index (χ2n) is 4.33. The Morgan fingerprint density at radius 2 is 1.95 bits per heavy atom. The van der Waals surface area contributed by atoms with Gasteiger partial charge in [-0.05, 0) is 17.7 Å². The van der Waals surface area contributed by atoms with Crippen LogP contribution in [0.1, 0.15) is 5.56 Å². The Morgan fingerprint density at radius 1 is 1.35 bits per heavy atom. The highest BCUT2D eigenvalue weighted by molar-refractivity contribution is 5.87. The maximum atomic E-state index is 11.7. The predicted molar refractivity (Wildman–Crippen MR) is 71.2 cm³/mol. The van der Waals surface area contributed by atoms with Gasteiger partial charge in [0.25, 0.3) is 0 Å². The molecule has 0 aliphatic heterocycles. The van der Waals surface area contributed by atoms with Crippen LogP contribution in [0.3, 0.4) is 0 Å². The van der Waals surface area contributed by atoms with Gasteiger partial charge in [0.1, 0.15) is 17.8 Å². The van der Waals surface area contributed by atoms with Gasteiger partial charge in [-0.2, -0.15) is 0 Å². The predicted octanol–water partition coefficient (Wildman–Crippen LogP) is -0.522. The number of carboxylic acids is 1. The first-order valence-corrected chi connectivity index (χ1v) is 5.99. The number of methoxy groups -OCH3 is 1. The van der Waals surface area contributed by atoms with Crippen molar-refractivity contribution in [2.75, 3.05) is 13.7 Å². The summed E-state index contributed by atoms with van der Waals surface area (Å²) in [6.07, 6.45) is 0.0983. The first-order valence-electron chi connectivity index (χ1n) is 5.99. The Bertz CT molecular complexity index is 460. The fraction of sp³-hybridized carbons (Fsp3) is 0.385. The van der Waals surface area contributed by atoms with Gasteiger partial charge >= 0.3 is 5.97 Å². The molecule has 0 saturated heterocycles. The van der Waals surface area contributed by atoms with Gasteiger partial charge in [-0.3, -0.25) is 4.79 Å². The van der Waals surface area contributed by atoms with Gasteiger partial charge in [0.05, 0.1) is 6.61 Å². The molecule has 1 rings (SSSR count). The quantitative estimate of drug-likeness (QED) is 0.533. The van der Waals surface area contributed by atoms with E-state index in [-0.39, 0.29) is 18.8 Å². The molecule has 7 heteroatoms. The number of nitrogens with one attached hydrogen (secondary N) is 1. The van der Waals surface area contributed by atoms with Crippen molar-refractivity contribution in [1.82, 2.24) is 5.32 Å². The van der Waals surface area contributed by atoms with Crippen molar-refractivity contribution >= 4 is 11.9 Å². The Morgan fingerprint density at radius 3 is 2.45 bits per heavy atom. The molecule has 0 aromatic heterocycles. The average molecular weight is 282 g/mol. The standard InChI is InChI=1S/C13H18N2O5/c1-20-7-10(14)12(17)15-11(13(18)19)6-8-2-4-9(16)5-3-8/h2-5,10-11,16H,6-7,14H2,1H3,(H,15,17)(H,18,19)/t10?,11-/m0/s1. The van der Waals surface area contributed by atoms with E-state index in [0.29, 0.717) is 5.56 Å². The summed E-state index contributed by atoms with van der Waals surface area (Å²) in [7, 11) is 1.40. The van der Waals surface area contributed by atoms with Crippen LogP contribution in [0.5, 0.6) is 5.75 Å². The van der Waals surface area contributed by atoms with Gasteiger partial charge in [0.15, 0.2) is 0 Å². The van der Waals surface area contributed by atoms with E-state index >= 15 is 0 Å². The first kappa shape index (κ1) is 15.9. The summed E-state index contributed by atoms with van der Waals surface area (Å²) in [5.41, 5.74) is 6.20. The second-order valence-corrected chi connectivity index (χ2v) is 4.33. The fourth-order valence-corrected chi connectivity index (χ4v) is 1.60. The second kappa shape index (κ2) is 7.46. The van der Waals surface area contributed by atoms with E-state index in [1.807, 2.05) is 0 Å². The average Bonchev–Trinajstić information content (AvgIpc) is 2.40. The van der Waals surface area contributed by atoms with E-state index in [9.17, 15) is 9.59 Å². The van der Waals surface area contributed by atoms with Crippen LogP contribution in [0.15, 0.2) is 24.3 Å². The van der Waals surface area contributed by atoms with Crippen molar-refractivity contribution in [1.29, 1.82) is 0 Å². The lowest BCUT2D eigenvalue weighted by Gasteiger charge is -2.17. The number of hydrogen-bond acceptors (Lipinski definition) is 5. The molecule has 1 amide bonds. The Hall–Kier alpha value is -2.12. The van der Waals surface area contributed by atoms with Crippen molar-refractivity contribution in [3.63, 3.8) is 0 Å². The fourth-order valence-electron chi connectivity index (χ4n) is 1.60. The number of ether oxygens (including phenoxy) is 1. The number of aromatic hydroxyl groups is 1. The number of carboxylic acid groups (broad SMARTS) is 1. The highest BCUT2D eigenvalue weighted by Gasteiger charge is 2.23. The number of carbonyl (C=O) groups is 2. The van der Waals surface area contributed by atoms with Crippen LogP contribution in [-0.2, 0) is 20.7 Å². The Kier molecular flexibility index (Phi) is 5.95. The summed E-state index contributed by atoms with van der Waals surface area (Å²) < 4.78 is 4.74. The zero-order valence-corrected chi connectivity index (χ0v) is 11.1. The molecule has 0 spiro atoms. The first-order chi connectivity index (χ1) is 9.43. The van der Waals surface area contributed by atoms with Crippen LogP contribution in [0.2, 0.25) is 0 Å². The summed E-state index contributed by atoms with van der Waals surface area (Å²) in [5.74, 6) is -1.65. The largest absolute Gasteiger partial charge is 0.508 e. The molecule has 0 fully saturated rings. The highest BCUT2D eigenvalue weighted by Crippen LogP contribution is 2.11. The van der Waals surface area contributed by atoms with Gasteiger partial charge in [0.2, 0.25) is 5.91 Å². The van der Waals surface area contributed by atoms with Gasteiger partial charge < -0.3 is 26.0 Å². The smallest absolute Gasteiger partial charge is 0.326 e. The summed E-state index contributed by atoms with van der Waals surface area (Å²) >= 11 is 0. The van der Waals surface area contributed by atoms with Gasteiger partial charge in [-0.15, -0.1) is 0 Å². The van der Waals surface area contributed by atoms with Crippen LogP contribution in [0.25, 0.3) is 0 Å². The molecule has 110 valence electrons. The number of rotatable bonds is 7. The minimum absolute atomic E-state index is 0.0113. The molecule has 0 aliphatic carbocycles. The number of benzene rings is 1. The number of amides is 1. The topological polar surface area (TPSA) is 122 Å². The lowest BCUT2D eigenvalue weighted by Crippen LogP contribution is -2.50. The molecule has 5 N–H and O–H groups in total. The number of aliphatic carboxylic acids is 1. The molecule has 2 atom stereocenters. The third kappa shape index (κ3) is 4.87. The molecule has 0 aliphatic rings. The molecule has 0 heterocycles. The van der Waals surface area contributed by atoms with Crippen LogP contribution in [-0.4, -0.2) is 47.9 Å². The van der Waals surface area contributed by atoms with Crippen molar-refractivity contribution < 1.29 is 24.5 Å². The van der Waals surface area contributed by atoms with Gasteiger partial charge in [0, 0.05) is 13.5 Å². The Labute approximate surface area is 116 Å². The van der Waals surface area contributed by atoms with E-state index in [1.54, 1.807) is 12.1 Å². The van der Waals surface area contributed by atoms with Crippen molar-refractivity contribution in [3.05, 3.63) is 29.8 Å². The van der Waals surface area contributed by atoms with Crippen molar-refractivity contribution in [3.8, 4) is 5.75 Å². The maximum absolute atomic E-state index is 11.7. The minimum Gasteiger partial charge on any atom is -0.508 e. The molecule has 20 heavy (non-hydrogen) atoms. The molecule has 1 unspecified atom stereocenters. The third-order valence-corrected chi connectivity index (χ3v) is 2.67. The monoisotopic (exact) mass is 282 g/mol. The van der Waals surface area contributed by atoms with Gasteiger partial charge in [-0.25, -0.2) is 4.79 Å². The molecule has 1 aromatic rings. The Balaban J connectivity index is 2.67. The third-order valence-electron chi connectivity index (χ3n) is 2.67. The number of phenolic OH excluding ortho intramolecular Hbond substituents is 1. The summed E-state index contributed by atoms with van der Waals surface area (Å²) in [6.45, 7) is 0.0113. The van der Waals surface area contributed by atoms with Crippen LogP contribution >= 0.6 is 0 Å². The van der Waals surface area contributed by atoms with Crippen molar-refractivity contribution in [2.45, 2.75) is 18.5 Å². The van der Waals surface area contributed by atoms with E-state index in [0.717, 1.165) is 0 Å². The maximum Gasteiger partial charge on any atom is 0.326 e. The van der Waals surface area contributed by atoms with Gasteiger partial charge in [-0.1, -0.05) is 12.1 Å². The van der Waals surface area contributed by atoms with Crippen molar-refractivity contribution in [2.24, 2.45) is 5.73 Å². The van der Waals surface area contributed by atoms with Crippen LogP contribution in [0, 0.1) is 0 Å². The van der Waals surface area contributed by atoms with Crippen LogP contribution in [0.4, 0.5) is 0 Å². The zero-order chi connectivity index (χ0) is 15.1. The zero-order valence-electron chi connectivity index (χ0n) is 11.1. The normalized spacial score (nSPS) is 13.5. The number of nitrogens with two attached hydrogens (primary N) is 1. The number of hydrogen-bond donors (Lipinski definition) is 4. The van der Waals surface area contributed by atoms with Crippen LogP contribution < -0.4 is 11.1 Å². The van der Waals surface area contributed by atoms with E-state index in [4.69, 9.17) is 20.7 Å². The molecular weight excluding hydrogens is 264 g/mol. The SMILES string of the molecule is COCC(N)C(=O)N[C@@H](Cc1ccc(O)cc1)C(=O)O. The minimum atomic E-state index is -1.16. The van der Waals surface area contributed by atoms with E-state index in [1.165, 1.54) is 19.2 Å². The molecule has 7 nitrogen and oxygen atoms in total. The summed E-state index contributed by atoms with van der Waals surface area (Å²) in [4.78, 5) is 22.8. The van der Waals surface area contributed by atoms with E-state index in [2.05, 4.69) is 5.32 Å².